The standard InChI is InChI=1S/C25H17NS2/c1-3-8-18(9-4-1)21-16-20(17-22(26-21)19-10-5-2-6-11-19)23-13-14-25(28-23)24-12-7-15-27-24/h1-17H. The minimum Gasteiger partial charge on any atom is -0.248 e. The van der Waals surface area contributed by atoms with Crippen molar-refractivity contribution in [1.29, 1.82) is 0 Å². The molecule has 3 heterocycles. The van der Waals surface area contributed by atoms with E-state index >= 15 is 0 Å². The molecule has 0 amide bonds. The molecular weight excluding hydrogens is 378 g/mol. The van der Waals surface area contributed by atoms with Gasteiger partial charge in [-0.2, -0.15) is 0 Å². The van der Waals surface area contributed by atoms with Gasteiger partial charge < -0.3 is 0 Å². The van der Waals surface area contributed by atoms with Gasteiger partial charge in [-0.3, -0.25) is 0 Å². The molecule has 1 nitrogen and oxygen atoms in total. The topological polar surface area (TPSA) is 12.9 Å². The van der Waals surface area contributed by atoms with Crippen LogP contribution in [0.1, 0.15) is 0 Å². The molecule has 2 aromatic carbocycles. The van der Waals surface area contributed by atoms with E-state index in [-0.39, 0.29) is 0 Å². The Bertz CT molecular complexity index is 1130. The number of rotatable bonds is 4. The molecule has 28 heavy (non-hydrogen) atoms. The number of thiophene rings is 2. The number of pyridine rings is 1. The lowest BCUT2D eigenvalue weighted by atomic mass is 10.0. The maximum absolute atomic E-state index is 4.96. The summed E-state index contributed by atoms with van der Waals surface area (Å²) in [5.74, 6) is 0. The van der Waals surface area contributed by atoms with Gasteiger partial charge in [0.15, 0.2) is 0 Å². The molecule has 3 aromatic heterocycles. The predicted octanol–water partition coefficient (Wildman–Crippen LogP) is 7.87. The largest absolute Gasteiger partial charge is 0.248 e. The van der Waals surface area contributed by atoms with Crippen molar-refractivity contribution in [2.45, 2.75) is 0 Å². The Morgan fingerprint density at radius 3 is 1.68 bits per heavy atom. The Morgan fingerprint density at radius 2 is 1.11 bits per heavy atom. The molecular formula is C25H17NS2. The van der Waals surface area contributed by atoms with Crippen LogP contribution >= 0.6 is 22.7 Å². The molecule has 0 fully saturated rings. The summed E-state index contributed by atoms with van der Waals surface area (Å²) in [4.78, 5) is 8.85. The molecule has 0 saturated heterocycles. The van der Waals surface area contributed by atoms with E-state index < -0.39 is 0 Å². The van der Waals surface area contributed by atoms with Gasteiger partial charge in [0, 0.05) is 25.8 Å². The number of aromatic nitrogens is 1. The van der Waals surface area contributed by atoms with Crippen LogP contribution in [-0.4, -0.2) is 4.98 Å². The van der Waals surface area contributed by atoms with Crippen molar-refractivity contribution < 1.29 is 0 Å². The van der Waals surface area contributed by atoms with Crippen LogP contribution in [0.5, 0.6) is 0 Å². The summed E-state index contributed by atoms with van der Waals surface area (Å²) >= 11 is 3.62. The van der Waals surface area contributed by atoms with E-state index in [2.05, 4.69) is 90.3 Å². The highest BCUT2D eigenvalue weighted by molar-refractivity contribution is 7.23. The van der Waals surface area contributed by atoms with E-state index in [4.69, 9.17) is 4.98 Å². The predicted molar refractivity (Wildman–Crippen MR) is 122 cm³/mol. The fraction of sp³-hybridized carbons (Fsp3) is 0. The molecule has 5 aromatic rings. The fourth-order valence-corrected chi connectivity index (χ4v) is 5.06. The Morgan fingerprint density at radius 1 is 0.500 bits per heavy atom. The Hall–Kier alpha value is -3.01. The maximum atomic E-state index is 4.96. The summed E-state index contributed by atoms with van der Waals surface area (Å²) in [6.07, 6.45) is 0. The summed E-state index contributed by atoms with van der Waals surface area (Å²) in [5, 5.41) is 2.13. The third-order valence-electron chi connectivity index (χ3n) is 4.62. The van der Waals surface area contributed by atoms with Crippen LogP contribution in [0.2, 0.25) is 0 Å². The third kappa shape index (κ3) is 3.42. The smallest absolute Gasteiger partial charge is 0.0715 e. The lowest BCUT2D eigenvalue weighted by molar-refractivity contribution is 1.32. The zero-order valence-corrected chi connectivity index (χ0v) is 16.7. The molecule has 0 atom stereocenters. The second-order valence-corrected chi connectivity index (χ2v) is 8.53. The molecule has 0 saturated carbocycles. The number of hydrogen-bond acceptors (Lipinski definition) is 3. The first kappa shape index (κ1) is 17.1. The van der Waals surface area contributed by atoms with E-state index in [1.165, 1.54) is 20.2 Å². The Balaban J connectivity index is 1.65. The van der Waals surface area contributed by atoms with Gasteiger partial charge in [0.2, 0.25) is 0 Å². The molecule has 5 rings (SSSR count). The quantitative estimate of drug-likeness (QED) is 0.302. The fourth-order valence-electron chi connectivity index (χ4n) is 3.23. The minimum absolute atomic E-state index is 1.00. The first-order valence-electron chi connectivity index (χ1n) is 9.14. The second-order valence-electron chi connectivity index (χ2n) is 6.50. The lowest BCUT2D eigenvalue weighted by Crippen LogP contribution is -1.90. The first-order chi connectivity index (χ1) is 13.9. The van der Waals surface area contributed by atoms with Crippen LogP contribution in [0.4, 0.5) is 0 Å². The highest BCUT2D eigenvalue weighted by Gasteiger charge is 2.11. The van der Waals surface area contributed by atoms with Crippen molar-refractivity contribution >= 4 is 22.7 Å². The van der Waals surface area contributed by atoms with Crippen LogP contribution in [-0.2, 0) is 0 Å². The minimum atomic E-state index is 1.00. The van der Waals surface area contributed by atoms with Crippen molar-refractivity contribution in [3.8, 4) is 42.7 Å². The number of nitrogens with zero attached hydrogens (tertiary/aromatic N) is 1. The van der Waals surface area contributed by atoms with Crippen LogP contribution in [0.3, 0.4) is 0 Å². The van der Waals surface area contributed by atoms with Gasteiger partial charge in [0.05, 0.1) is 11.4 Å². The monoisotopic (exact) mass is 395 g/mol. The molecule has 0 unspecified atom stereocenters. The Kier molecular flexibility index (Phi) is 4.61. The van der Waals surface area contributed by atoms with E-state index in [9.17, 15) is 0 Å². The molecule has 0 bridgehead atoms. The first-order valence-corrected chi connectivity index (χ1v) is 10.8. The molecule has 134 valence electrons. The summed E-state index contributed by atoms with van der Waals surface area (Å²) in [5.41, 5.74) is 5.49. The summed E-state index contributed by atoms with van der Waals surface area (Å²) in [7, 11) is 0. The molecule has 0 aliphatic carbocycles. The number of hydrogen-bond donors (Lipinski definition) is 0. The molecule has 0 spiro atoms. The third-order valence-corrected chi connectivity index (χ3v) is 6.82. The van der Waals surface area contributed by atoms with Gasteiger partial charge in [-0.15, -0.1) is 22.7 Å². The molecule has 3 heteroatoms. The SMILES string of the molecule is c1ccc(-c2cc(-c3ccc(-c4cccs4)s3)cc(-c3ccccc3)n2)cc1. The van der Waals surface area contributed by atoms with Crippen LogP contribution in [0.15, 0.2) is 102 Å². The summed E-state index contributed by atoms with van der Waals surface area (Å²) in [6, 6.07) is 33.9. The van der Waals surface area contributed by atoms with E-state index in [0.29, 0.717) is 0 Å². The van der Waals surface area contributed by atoms with Gasteiger partial charge in [0.1, 0.15) is 0 Å². The van der Waals surface area contributed by atoms with Crippen LogP contribution in [0.25, 0.3) is 42.7 Å². The molecule has 0 aliphatic heterocycles. The number of benzene rings is 2. The lowest BCUT2D eigenvalue weighted by Gasteiger charge is -2.09. The van der Waals surface area contributed by atoms with Gasteiger partial charge in [-0.25, -0.2) is 4.98 Å². The summed E-state index contributed by atoms with van der Waals surface area (Å²) in [6.45, 7) is 0. The summed E-state index contributed by atoms with van der Waals surface area (Å²) < 4.78 is 0. The normalized spacial score (nSPS) is 10.9. The van der Waals surface area contributed by atoms with E-state index in [0.717, 1.165) is 22.5 Å². The van der Waals surface area contributed by atoms with Crippen LogP contribution < -0.4 is 0 Å². The van der Waals surface area contributed by atoms with Gasteiger partial charge >= 0.3 is 0 Å². The van der Waals surface area contributed by atoms with Crippen molar-refractivity contribution in [1.82, 2.24) is 4.98 Å². The Labute approximate surface area is 172 Å². The van der Waals surface area contributed by atoms with E-state index in [1.807, 2.05) is 23.5 Å². The van der Waals surface area contributed by atoms with Crippen molar-refractivity contribution in [2.75, 3.05) is 0 Å². The van der Waals surface area contributed by atoms with Crippen molar-refractivity contribution in [3.05, 3.63) is 102 Å². The molecule has 0 aliphatic rings. The van der Waals surface area contributed by atoms with Gasteiger partial charge in [-0.05, 0) is 41.3 Å². The van der Waals surface area contributed by atoms with Crippen molar-refractivity contribution in [2.24, 2.45) is 0 Å². The highest BCUT2D eigenvalue weighted by Crippen LogP contribution is 2.38. The second kappa shape index (κ2) is 7.55. The highest BCUT2D eigenvalue weighted by atomic mass is 32.1. The molecule has 0 N–H and O–H groups in total. The van der Waals surface area contributed by atoms with Gasteiger partial charge in [-0.1, -0.05) is 66.7 Å². The zero-order valence-electron chi connectivity index (χ0n) is 15.1. The van der Waals surface area contributed by atoms with Gasteiger partial charge in [0.25, 0.3) is 0 Å². The maximum Gasteiger partial charge on any atom is 0.0715 e. The average Bonchev–Trinajstić information content (AvgIpc) is 3.47. The average molecular weight is 396 g/mol. The van der Waals surface area contributed by atoms with Crippen molar-refractivity contribution in [3.63, 3.8) is 0 Å². The van der Waals surface area contributed by atoms with Crippen LogP contribution in [0, 0.1) is 0 Å². The van der Waals surface area contributed by atoms with E-state index in [1.54, 1.807) is 11.3 Å². The zero-order chi connectivity index (χ0) is 18.8. The molecule has 0 radical (unpaired) electrons.